The fourth-order valence-electron chi connectivity index (χ4n) is 2.67. The highest BCUT2D eigenvalue weighted by atomic mass is 35.5. The summed E-state index contributed by atoms with van der Waals surface area (Å²) < 4.78 is 0. The molecule has 1 aliphatic rings. The van der Waals surface area contributed by atoms with Crippen molar-refractivity contribution in [3.8, 4) is 0 Å². The standard InChI is InChI=1S/C17H25ClN4O2.2ClH/c1-19-8-2-3-16(23)20-13-17(24)22-11-9-21(10-12-22)15-6-4-14(18)5-7-15;;/h4-7,19H,2-3,8-13H2,1H3,(H,20,23);2*1H. The number of anilines is 1. The van der Waals surface area contributed by atoms with Gasteiger partial charge in [-0.05, 0) is 44.3 Å². The van der Waals surface area contributed by atoms with Crippen LogP contribution in [0.5, 0.6) is 0 Å². The zero-order valence-electron chi connectivity index (χ0n) is 14.9. The van der Waals surface area contributed by atoms with Crippen molar-refractivity contribution >= 4 is 53.9 Å². The van der Waals surface area contributed by atoms with Crippen molar-refractivity contribution in [2.45, 2.75) is 12.8 Å². The molecule has 1 aromatic rings. The van der Waals surface area contributed by atoms with Crippen molar-refractivity contribution in [2.75, 3.05) is 51.2 Å². The van der Waals surface area contributed by atoms with Gasteiger partial charge in [0.2, 0.25) is 11.8 Å². The lowest BCUT2D eigenvalue weighted by molar-refractivity contribution is -0.133. The van der Waals surface area contributed by atoms with Gasteiger partial charge in [-0.2, -0.15) is 0 Å². The summed E-state index contributed by atoms with van der Waals surface area (Å²) in [7, 11) is 1.85. The van der Waals surface area contributed by atoms with Crippen LogP contribution >= 0.6 is 36.4 Å². The number of rotatable bonds is 7. The number of amides is 2. The molecule has 0 unspecified atom stereocenters. The number of carbonyl (C=O) groups excluding carboxylic acids is 2. The van der Waals surface area contributed by atoms with Crippen LogP contribution in [0.4, 0.5) is 5.69 Å². The highest BCUT2D eigenvalue weighted by molar-refractivity contribution is 6.30. The number of halogens is 3. The lowest BCUT2D eigenvalue weighted by Gasteiger charge is -2.36. The topological polar surface area (TPSA) is 64.7 Å². The molecule has 6 nitrogen and oxygen atoms in total. The summed E-state index contributed by atoms with van der Waals surface area (Å²) in [6.07, 6.45) is 1.22. The average Bonchev–Trinajstić information content (AvgIpc) is 2.61. The van der Waals surface area contributed by atoms with E-state index in [4.69, 9.17) is 11.6 Å². The smallest absolute Gasteiger partial charge is 0.242 e. The van der Waals surface area contributed by atoms with Crippen molar-refractivity contribution in [1.29, 1.82) is 0 Å². The molecule has 0 aromatic heterocycles. The number of benzene rings is 1. The Morgan fingerprint density at radius 2 is 1.69 bits per heavy atom. The molecular weight excluding hydrogens is 399 g/mol. The zero-order chi connectivity index (χ0) is 17.4. The van der Waals surface area contributed by atoms with Gasteiger partial charge in [-0.1, -0.05) is 11.6 Å². The molecule has 1 heterocycles. The fourth-order valence-corrected chi connectivity index (χ4v) is 2.79. The summed E-state index contributed by atoms with van der Waals surface area (Å²) >= 11 is 5.91. The van der Waals surface area contributed by atoms with Gasteiger partial charge in [-0.25, -0.2) is 0 Å². The van der Waals surface area contributed by atoms with Gasteiger partial charge in [0, 0.05) is 43.3 Å². The van der Waals surface area contributed by atoms with Crippen LogP contribution in [0.1, 0.15) is 12.8 Å². The summed E-state index contributed by atoms with van der Waals surface area (Å²) in [5.74, 6) is -0.0916. The minimum absolute atomic E-state index is 0. The summed E-state index contributed by atoms with van der Waals surface area (Å²) in [4.78, 5) is 27.9. The van der Waals surface area contributed by atoms with E-state index in [2.05, 4.69) is 15.5 Å². The van der Waals surface area contributed by atoms with Gasteiger partial charge in [0.15, 0.2) is 0 Å². The van der Waals surface area contributed by atoms with Crippen LogP contribution in [-0.2, 0) is 9.59 Å². The predicted molar refractivity (Wildman–Crippen MR) is 111 cm³/mol. The van der Waals surface area contributed by atoms with Gasteiger partial charge in [0.05, 0.1) is 6.54 Å². The van der Waals surface area contributed by atoms with E-state index < -0.39 is 0 Å². The van der Waals surface area contributed by atoms with Crippen LogP contribution in [0.2, 0.25) is 5.02 Å². The molecule has 1 aromatic carbocycles. The van der Waals surface area contributed by atoms with Crippen LogP contribution in [0, 0.1) is 0 Å². The largest absolute Gasteiger partial charge is 0.368 e. The van der Waals surface area contributed by atoms with Crippen LogP contribution < -0.4 is 15.5 Å². The first-order valence-corrected chi connectivity index (χ1v) is 8.67. The molecule has 0 bridgehead atoms. The number of hydrogen-bond acceptors (Lipinski definition) is 4. The number of nitrogens with zero attached hydrogens (tertiary/aromatic N) is 2. The van der Waals surface area contributed by atoms with E-state index in [0.29, 0.717) is 19.5 Å². The summed E-state index contributed by atoms with van der Waals surface area (Å²) in [6, 6.07) is 7.73. The maximum absolute atomic E-state index is 12.2. The molecule has 2 rings (SSSR count). The Kier molecular flexibility index (Phi) is 12.4. The lowest BCUT2D eigenvalue weighted by Crippen LogP contribution is -2.51. The molecule has 148 valence electrons. The molecular formula is C17H27Cl3N4O2. The molecule has 2 amide bonds. The van der Waals surface area contributed by atoms with Gasteiger partial charge in [0.1, 0.15) is 0 Å². The maximum Gasteiger partial charge on any atom is 0.242 e. The molecule has 0 radical (unpaired) electrons. The van der Waals surface area contributed by atoms with Gasteiger partial charge < -0.3 is 20.4 Å². The minimum atomic E-state index is -0.0709. The Labute approximate surface area is 172 Å². The third kappa shape index (κ3) is 7.99. The van der Waals surface area contributed by atoms with Gasteiger partial charge in [-0.15, -0.1) is 24.8 Å². The van der Waals surface area contributed by atoms with Crippen molar-refractivity contribution in [3.63, 3.8) is 0 Å². The van der Waals surface area contributed by atoms with Crippen molar-refractivity contribution in [3.05, 3.63) is 29.3 Å². The fraction of sp³-hybridized carbons (Fsp3) is 0.529. The first-order valence-electron chi connectivity index (χ1n) is 8.29. The van der Waals surface area contributed by atoms with Crippen LogP contribution in [0.15, 0.2) is 24.3 Å². The third-order valence-electron chi connectivity index (χ3n) is 4.09. The molecule has 1 saturated heterocycles. The SMILES string of the molecule is CNCCCC(=O)NCC(=O)N1CCN(c2ccc(Cl)cc2)CC1.Cl.Cl. The van der Waals surface area contributed by atoms with E-state index in [1.54, 1.807) is 4.90 Å². The first kappa shape index (κ1) is 24.8. The Hall–Kier alpha value is -1.21. The summed E-state index contributed by atoms with van der Waals surface area (Å²) in [5, 5.41) is 6.42. The lowest BCUT2D eigenvalue weighted by atomic mass is 10.2. The Morgan fingerprint density at radius 3 is 2.27 bits per heavy atom. The highest BCUT2D eigenvalue weighted by Crippen LogP contribution is 2.19. The van der Waals surface area contributed by atoms with E-state index in [1.165, 1.54) is 0 Å². The van der Waals surface area contributed by atoms with Crippen LogP contribution in [0.25, 0.3) is 0 Å². The number of piperazine rings is 1. The van der Waals surface area contributed by atoms with E-state index >= 15 is 0 Å². The number of nitrogens with one attached hydrogen (secondary N) is 2. The first-order chi connectivity index (χ1) is 11.6. The molecule has 0 saturated carbocycles. The molecule has 1 aliphatic heterocycles. The van der Waals surface area contributed by atoms with E-state index in [0.717, 1.165) is 36.8 Å². The van der Waals surface area contributed by atoms with Crippen molar-refractivity contribution in [1.82, 2.24) is 15.5 Å². The molecule has 26 heavy (non-hydrogen) atoms. The average molecular weight is 426 g/mol. The van der Waals surface area contributed by atoms with Crippen LogP contribution in [-0.4, -0.2) is 63.0 Å². The zero-order valence-corrected chi connectivity index (χ0v) is 17.3. The molecule has 0 atom stereocenters. The van der Waals surface area contributed by atoms with Gasteiger partial charge in [0.25, 0.3) is 0 Å². The van der Waals surface area contributed by atoms with E-state index in [9.17, 15) is 9.59 Å². The third-order valence-corrected chi connectivity index (χ3v) is 4.34. The number of hydrogen-bond donors (Lipinski definition) is 2. The second kappa shape index (κ2) is 13.0. The summed E-state index contributed by atoms with van der Waals surface area (Å²) in [6.45, 7) is 3.77. The van der Waals surface area contributed by atoms with Crippen molar-refractivity contribution < 1.29 is 9.59 Å². The molecule has 2 N–H and O–H groups in total. The second-order valence-corrected chi connectivity index (χ2v) is 6.26. The minimum Gasteiger partial charge on any atom is -0.368 e. The molecule has 9 heteroatoms. The van der Waals surface area contributed by atoms with Gasteiger partial charge >= 0.3 is 0 Å². The quantitative estimate of drug-likeness (QED) is 0.655. The highest BCUT2D eigenvalue weighted by Gasteiger charge is 2.21. The molecule has 0 aliphatic carbocycles. The van der Waals surface area contributed by atoms with Gasteiger partial charge in [-0.3, -0.25) is 9.59 Å². The van der Waals surface area contributed by atoms with Crippen LogP contribution in [0.3, 0.4) is 0 Å². The van der Waals surface area contributed by atoms with Crippen molar-refractivity contribution in [2.24, 2.45) is 0 Å². The molecule has 1 fully saturated rings. The maximum atomic E-state index is 12.2. The summed E-state index contributed by atoms with van der Waals surface area (Å²) in [5.41, 5.74) is 1.12. The Bertz CT molecular complexity index is 549. The normalized spacial score (nSPS) is 13.5. The Morgan fingerprint density at radius 1 is 1.08 bits per heavy atom. The Balaban J connectivity index is 0.00000312. The van der Waals surface area contributed by atoms with E-state index in [1.807, 2.05) is 31.3 Å². The molecule has 0 spiro atoms. The van der Waals surface area contributed by atoms with E-state index in [-0.39, 0.29) is 43.2 Å². The monoisotopic (exact) mass is 424 g/mol. The second-order valence-electron chi connectivity index (χ2n) is 5.83. The number of carbonyl (C=O) groups is 2. The predicted octanol–water partition coefficient (Wildman–Crippen LogP) is 1.95.